The molecule has 0 spiro atoms. The average Bonchev–Trinajstić information content (AvgIpc) is 2.19. The van der Waals surface area contributed by atoms with Crippen LogP contribution in [0, 0.1) is 12.3 Å². The van der Waals surface area contributed by atoms with E-state index in [-0.39, 0.29) is 12.5 Å². The number of hydrogen-bond acceptors (Lipinski definition) is 3. The second-order valence-corrected chi connectivity index (χ2v) is 3.64. The molecule has 14 heavy (non-hydrogen) atoms. The van der Waals surface area contributed by atoms with Crippen molar-refractivity contribution in [3.05, 3.63) is 0 Å². The minimum Gasteiger partial charge on any atom is -0.303 e. The lowest BCUT2D eigenvalue weighted by atomic mass is 9.90. The number of nitrogens with one attached hydrogen (secondary N) is 2. The van der Waals surface area contributed by atoms with Crippen LogP contribution >= 0.6 is 0 Å². The van der Waals surface area contributed by atoms with Crippen LogP contribution in [0.15, 0.2) is 0 Å². The van der Waals surface area contributed by atoms with Gasteiger partial charge in [-0.1, -0.05) is 5.92 Å². The summed E-state index contributed by atoms with van der Waals surface area (Å²) in [4.78, 5) is 16.4. The van der Waals surface area contributed by atoms with Gasteiger partial charge in [0.2, 0.25) is 0 Å². The van der Waals surface area contributed by atoms with Crippen molar-refractivity contribution in [2.75, 3.05) is 13.2 Å². The van der Waals surface area contributed by atoms with Crippen molar-refractivity contribution in [2.24, 2.45) is 0 Å². The quantitative estimate of drug-likeness (QED) is 0.385. The number of hydrogen-bond donors (Lipinski definition) is 2. The Labute approximate surface area is 84.3 Å². The fourth-order valence-corrected chi connectivity index (χ4v) is 1.51. The third-order valence-corrected chi connectivity index (χ3v) is 2.44. The molecule has 0 bridgehead atoms. The maximum absolute atomic E-state index is 11.6. The van der Waals surface area contributed by atoms with Crippen LogP contribution in [-0.2, 0) is 9.63 Å². The number of terminal acetylenes is 1. The fraction of sp³-hybridized carbons (Fsp3) is 0.700. The van der Waals surface area contributed by atoms with Gasteiger partial charge in [-0.2, -0.15) is 0 Å². The van der Waals surface area contributed by atoms with Gasteiger partial charge in [-0.25, -0.2) is 5.48 Å². The van der Waals surface area contributed by atoms with Crippen LogP contribution in [-0.4, -0.2) is 24.6 Å². The van der Waals surface area contributed by atoms with Crippen molar-refractivity contribution in [3.8, 4) is 12.3 Å². The average molecular weight is 196 g/mol. The Morgan fingerprint density at radius 1 is 1.71 bits per heavy atom. The van der Waals surface area contributed by atoms with Crippen molar-refractivity contribution in [2.45, 2.75) is 31.7 Å². The van der Waals surface area contributed by atoms with Crippen molar-refractivity contribution in [1.29, 1.82) is 0 Å². The second-order valence-electron chi connectivity index (χ2n) is 3.64. The lowest BCUT2D eigenvalue weighted by Gasteiger charge is -2.32. The predicted molar refractivity (Wildman–Crippen MR) is 53.2 cm³/mol. The summed E-state index contributed by atoms with van der Waals surface area (Å²) in [6, 6.07) is 0. The van der Waals surface area contributed by atoms with Gasteiger partial charge < -0.3 is 5.32 Å². The Bertz CT molecular complexity index is 239. The monoisotopic (exact) mass is 196 g/mol. The predicted octanol–water partition coefficient (Wildman–Crippen LogP) is 0.200. The van der Waals surface area contributed by atoms with Crippen LogP contribution in [0.2, 0.25) is 0 Å². The number of rotatable bonds is 3. The van der Waals surface area contributed by atoms with Gasteiger partial charge >= 0.3 is 0 Å². The number of carbonyl (C=O) groups is 1. The molecule has 0 radical (unpaired) electrons. The molecule has 0 aromatic heterocycles. The van der Waals surface area contributed by atoms with E-state index in [2.05, 4.69) is 16.7 Å². The highest BCUT2D eigenvalue weighted by molar-refractivity contribution is 5.85. The zero-order valence-electron chi connectivity index (χ0n) is 8.43. The van der Waals surface area contributed by atoms with Crippen LogP contribution in [0.4, 0.5) is 0 Å². The highest BCUT2D eigenvalue weighted by atomic mass is 16.6. The lowest BCUT2D eigenvalue weighted by Crippen LogP contribution is -2.56. The Hall–Kier alpha value is -1.05. The van der Waals surface area contributed by atoms with Crippen molar-refractivity contribution in [3.63, 3.8) is 0 Å². The van der Waals surface area contributed by atoms with Crippen molar-refractivity contribution in [1.82, 2.24) is 10.8 Å². The van der Waals surface area contributed by atoms with Crippen molar-refractivity contribution < 1.29 is 9.63 Å². The summed E-state index contributed by atoms with van der Waals surface area (Å²) >= 11 is 0. The maximum atomic E-state index is 11.6. The first kappa shape index (κ1) is 11.0. The molecule has 4 nitrogen and oxygen atoms in total. The third-order valence-electron chi connectivity index (χ3n) is 2.44. The van der Waals surface area contributed by atoms with Gasteiger partial charge in [0.25, 0.3) is 5.91 Å². The van der Waals surface area contributed by atoms with Gasteiger partial charge in [0.1, 0.15) is 6.61 Å². The van der Waals surface area contributed by atoms with Gasteiger partial charge in [-0.3, -0.25) is 9.63 Å². The topological polar surface area (TPSA) is 50.4 Å². The Morgan fingerprint density at radius 2 is 2.50 bits per heavy atom. The molecule has 0 saturated carbocycles. The van der Waals surface area contributed by atoms with E-state index in [1.807, 2.05) is 6.92 Å². The van der Waals surface area contributed by atoms with Crippen LogP contribution in [0.5, 0.6) is 0 Å². The van der Waals surface area contributed by atoms with E-state index >= 15 is 0 Å². The summed E-state index contributed by atoms with van der Waals surface area (Å²) in [6.07, 6.45) is 8.00. The molecule has 1 fully saturated rings. The molecule has 1 amide bonds. The number of hydroxylamine groups is 1. The van der Waals surface area contributed by atoms with Gasteiger partial charge in [-0.15, -0.1) is 6.42 Å². The molecule has 1 rings (SSSR count). The smallest absolute Gasteiger partial charge is 0.263 e. The summed E-state index contributed by atoms with van der Waals surface area (Å²) in [5, 5.41) is 3.18. The molecule has 1 aliphatic rings. The van der Waals surface area contributed by atoms with Crippen LogP contribution in [0.25, 0.3) is 0 Å². The van der Waals surface area contributed by atoms with Crippen LogP contribution in [0.1, 0.15) is 26.2 Å². The molecule has 2 N–H and O–H groups in total. The Kier molecular flexibility index (Phi) is 3.93. The highest BCUT2D eigenvalue weighted by Crippen LogP contribution is 2.18. The number of piperidine rings is 1. The highest BCUT2D eigenvalue weighted by Gasteiger charge is 2.34. The Morgan fingerprint density at radius 3 is 3.07 bits per heavy atom. The summed E-state index contributed by atoms with van der Waals surface area (Å²) in [5.74, 6) is 2.14. The van der Waals surface area contributed by atoms with Gasteiger partial charge in [0.15, 0.2) is 0 Å². The molecule has 1 heterocycles. The van der Waals surface area contributed by atoms with E-state index in [4.69, 9.17) is 11.3 Å². The maximum Gasteiger partial charge on any atom is 0.263 e. The molecule has 1 atom stereocenters. The van der Waals surface area contributed by atoms with Gasteiger partial charge in [0.05, 0.1) is 5.54 Å². The molecular formula is C10H16N2O2. The largest absolute Gasteiger partial charge is 0.303 e. The fourth-order valence-electron chi connectivity index (χ4n) is 1.51. The molecule has 0 aliphatic carbocycles. The molecule has 0 aromatic carbocycles. The van der Waals surface area contributed by atoms with E-state index in [9.17, 15) is 4.79 Å². The van der Waals surface area contributed by atoms with E-state index in [1.54, 1.807) is 0 Å². The van der Waals surface area contributed by atoms with E-state index < -0.39 is 5.54 Å². The zero-order valence-corrected chi connectivity index (χ0v) is 8.43. The molecular weight excluding hydrogens is 180 g/mol. The van der Waals surface area contributed by atoms with Gasteiger partial charge in [-0.05, 0) is 32.7 Å². The number of carbonyl (C=O) groups excluding carboxylic acids is 1. The van der Waals surface area contributed by atoms with Crippen LogP contribution < -0.4 is 10.8 Å². The standard InChI is InChI=1S/C10H16N2O2/c1-3-8-14-12-9(13)10(2)6-4-5-7-11-10/h1,11H,4-8H2,2H3,(H,12,13). The summed E-state index contributed by atoms with van der Waals surface area (Å²) < 4.78 is 0. The first-order valence-corrected chi connectivity index (χ1v) is 4.80. The number of amides is 1. The third kappa shape index (κ3) is 2.72. The minimum absolute atomic E-state index is 0.0990. The first-order valence-electron chi connectivity index (χ1n) is 4.80. The molecule has 0 aromatic rings. The molecule has 1 saturated heterocycles. The molecule has 78 valence electrons. The normalized spacial score (nSPS) is 26.6. The lowest BCUT2D eigenvalue weighted by molar-refractivity contribution is -0.139. The molecule has 1 aliphatic heterocycles. The van der Waals surface area contributed by atoms with E-state index in [1.165, 1.54) is 0 Å². The van der Waals surface area contributed by atoms with E-state index in [0.29, 0.717) is 0 Å². The molecule has 1 unspecified atom stereocenters. The van der Waals surface area contributed by atoms with Gasteiger partial charge in [0, 0.05) is 0 Å². The van der Waals surface area contributed by atoms with Crippen molar-refractivity contribution >= 4 is 5.91 Å². The summed E-state index contributed by atoms with van der Waals surface area (Å²) in [5.41, 5.74) is 1.84. The summed E-state index contributed by atoms with van der Waals surface area (Å²) in [7, 11) is 0. The Balaban J connectivity index is 2.38. The van der Waals surface area contributed by atoms with E-state index in [0.717, 1.165) is 25.8 Å². The zero-order chi connectivity index (χ0) is 10.4. The molecule has 4 heteroatoms. The second kappa shape index (κ2) is 4.99. The van der Waals surface area contributed by atoms with Crippen LogP contribution in [0.3, 0.4) is 0 Å². The minimum atomic E-state index is -0.507. The first-order chi connectivity index (χ1) is 6.69. The SMILES string of the molecule is C#CCONC(=O)C1(C)CCCCN1. The summed E-state index contributed by atoms with van der Waals surface area (Å²) in [6.45, 7) is 2.85.